The van der Waals surface area contributed by atoms with Gasteiger partial charge in [-0.05, 0) is 28.9 Å². The van der Waals surface area contributed by atoms with Crippen molar-refractivity contribution in [1.29, 1.82) is 5.26 Å². The largest absolute Gasteiger partial charge is 0.315 e. The van der Waals surface area contributed by atoms with Gasteiger partial charge in [-0.1, -0.05) is 67.7 Å². The number of hydrogen-bond donors (Lipinski definition) is 0. The number of nitriles is 1. The standard InChI is InChI=1S/C23H18N2Si/c1-26(2)21-14-8-5-11-18(21)22-17-10-4-7-13-20(17)25(23(22)26)19-12-6-3-9-16(19)15-24/h3-14H,1-2H3. The van der Waals surface area contributed by atoms with Crippen LogP contribution in [0.1, 0.15) is 5.56 Å². The van der Waals surface area contributed by atoms with E-state index >= 15 is 0 Å². The minimum absolute atomic E-state index is 0.719. The van der Waals surface area contributed by atoms with E-state index in [1.807, 2.05) is 18.2 Å². The second kappa shape index (κ2) is 5.20. The smallest absolute Gasteiger partial charge is 0.134 e. The molecule has 1 aliphatic rings. The van der Waals surface area contributed by atoms with Crippen LogP contribution in [0, 0.1) is 11.3 Å². The van der Waals surface area contributed by atoms with Gasteiger partial charge in [0.15, 0.2) is 0 Å². The highest BCUT2D eigenvalue weighted by molar-refractivity contribution is 7.03. The summed E-state index contributed by atoms with van der Waals surface area (Å²) in [4.78, 5) is 0. The van der Waals surface area contributed by atoms with E-state index in [0.29, 0.717) is 0 Å². The normalized spacial score (nSPS) is 14.0. The maximum absolute atomic E-state index is 9.69. The Morgan fingerprint density at radius 2 is 1.54 bits per heavy atom. The van der Waals surface area contributed by atoms with E-state index in [9.17, 15) is 5.26 Å². The van der Waals surface area contributed by atoms with E-state index in [-0.39, 0.29) is 0 Å². The van der Waals surface area contributed by atoms with Crippen LogP contribution in [0.4, 0.5) is 0 Å². The highest BCUT2D eigenvalue weighted by Gasteiger charge is 2.42. The number of para-hydroxylation sites is 2. The molecule has 0 fully saturated rings. The van der Waals surface area contributed by atoms with Crippen LogP contribution in [0.25, 0.3) is 27.7 Å². The first-order chi connectivity index (χ1) is 12.6. The molecule has 0 unspecified atom stereocenters. The summed E-state index contributed by atoms with van der Waals surface area (Å²) in [6, 6.07) is 27.7. The zero-order chi connectivity index (χ0) is 17.9. The van der Waals surface area contributed by atoms with E-state index in [0.717, 1.165) is 11.3 Å². The Hall–Kier alpha value is -3.09. The summed E-state index contributed by atoms with van der Waals surface area (Å²) in [7, 11) is -1.87. The predicted molar refractivity (Wildman–Crippen MR) is 110 cm³/mol. The molecule has 0 saturated carbocycles. The second-order valence-corrected chi connectivity index (χ2v) is 11.6. The lowest BCUT2D eigenvalue weighted by molar-refractivity contribution is 1.15. The zero-order valence-electron chi connectivity index (χ0n) is 14.8. The van der Waals surface area contributed by atoms with Gasteiger partial charge in [-0.3, -0.25) is 0 Å². The van der Waals surface area contributed by atoms with Crippen LogP contribution in [0.5, 0.6) is 0 Å². The molecular formula is C23H18N2Si. The molecule has 0 amide bonds. The monoisotopic (exact) mass is 350 g/mol. The van der Waals surface area contributed by atoms with Gasteiger partial charge in [0.1, 0.15) is 14.1 Å². The Morgan fingerprint density at radius 3 is 2.38 bits per heavy atom. The van der Waals surface area contributed by atoms with Crippen molar-refractivity contribution in [2.45, 2.75) is 13.1 Å². The van der Waals surface area contributed by atoms with Gasteiger partial charge in [0.25, 0.3) is 0 Å². The number of benzene rings is 3. The van der Waals surface area contributed by atoms with Gasteiger partial charge in [0.2, 0.25) is 0 Å². The quantitative estimate of drug-likeness (QED) is 0.470. The van der Waals surface area contributed by atoms with Crippen molar-refractivity contribution in [3.63, 3.8) is 0 Å². The van der Waals surface area contributed by atoms with Crippen LogP contribution in [0.15, 0.2) is 72.8 Å². The minimum Gasteiger partial charge on any atom is -0.315 e. The van der Waals surface area contributed by atoms with E-state index in [4.69, 9.17) is 0 Å². The molecule has 124 valence electrons. The van der Waals surface area contributed by atoms with E-state index in [1.54, 1.807) is 0 Å². The van der Waals surface area contributed by atoms with E-state index in [1.165, 1.54) is 32.5 Å². The highest BCUT2D eigenvalue weighted by atomic mass is 28.3. The van der Waals surface area contributed by atoms with Crippen molar-refractivity contribution < 1.29 is 0 Å². The summed E-state index contributed by atoms with van der Waals surface area (Å²) in [5.74, 6) is 0. The zero-order valence-corrected chi connectivity index (χ0v) is 15.8. The molecule has 0 saturated heterocycles. The Kier molecular flexibility index (Phi) is 3.04. The molecule has 2 nitrogen and oxygen atoms in total. The molecule has 5 rings (SSSR count). The van der Waals surface area contributed by atoms with E-state index < -0.39 is 8.07 Å². The number of aromatic nitrogens is 1. The van der Waals surface area contributed by atoms with Gasteiger partial charge in [-0.25, -0.2) is 0 Å². The van der Waals surface area contributed by atoms with Gasteiger partial charge in [-0.2, -0.15) is 5.26 Å². The first-order valence-electron chi connectivity index (χ1n) is 8.88. The van der Waals surface area contributed by atoms with Gasteiger partial charge < -0.3 is 4.57 Å². The Balaban J connectivity index is 2.01. The fourth-order valence-corrected chi connectivity index (χ4v) is 7.84. The van der Waals surface area contributed by atoms with Crippen molar-refractivity contribution in [2.75, 3.05) is 0 Å². The average molecular weight is 350 g/mol. The third kappa shape index (κ3) is 1.80. The van der Waals surface area contributed by atoms with Crippen LogP contribution in [0.2, 0.25) is 13.1 Å². The number of fused-ring (bicyclic) bond motifs is 5. The summed E-state index contributed by atoms with van der Waals surface area (Å²) in [6.45, 7) is 4.84. The fourth-order valence-electron chi connectivity index (χ4n) is 4.49. The first-order valence-corrected chi connectivity index (χ1v) is 11.9. The van der Waals surface area contributed by atoms with Crippen LogP contribution < -0.4 is 10.5 Å². The van der Waals surface area contributed by atoms with Gasteiger partial charge in [0, 0.05) is 16.3 Å². The summed E-state index contributed by atoms with van der Waals surface area (Å²) in [5.41, 5.74) is 5.62. The predicted octanol–water partition coefficient (Wildman–Crippen LogP) is 4.31. The SMILES string of the molecule is C[Si]1(C)c2ccccc2-c2c1n(-c1ccccc1C#N)c1ccccc21. The van der Waals surface area contributed by atoms with Crippen molar-refractivity contribution in [3.05, 3.63) is 78.4 Å². The lowest BCUT2D eigenvalue weighted by Crippen LogP contribution is -2.52. The van der Waals surface area contributed by atoms with Gasteiger partial charge in [-0.15, -0.1) is 0 Å². The molecule has 3 aromatic carbocycles. The average Bonchev–Trinajstić information content (AvgIpc) is 3.14. The summed E-state index contributed by atoms with van der Waals surface area (Å²) in [5, 5.41) is 13.9. The minimum atomic E-state index is -1.87. The molecule has 0 N–H and O–H groups in total. The van der Waals surface area contributed by atoms with Crippen molar-refractivity contribution >= 4 is 29.5 Å². The molecule has 3 heteroatoms. The van der Waals surface area contributed by atoms with Gasteiger partial charge in [0.05, 0.1) is 16.8 Å². The van der Waals surface area contributed by atoms with Crippen LogP contribution >= 0.6 is 0 Å². The van der Waals surface area contributed by atoms with Crippen LogP contribution in [0.3, 0.4) is 0 Å². The Labute approximate surface area is 154 Å². The second-order valence-electron chi connectivity index (χ2n) is 7.38. The molecular weight excluding hydrogens is 332 g/mol. The topological polar surface area (TPSA) is 28.7 Å². The third-order valence-corrected chi connectivity index (χ3v) is 9.04. The molecule has 4 aromatic rings. The Bertz CT molecular complexity index is 1220. The molecule has 0 radical (unpaired) electrons. The van der Waals surface area contributed by atoms with Crippen LogP contribution in [-0.4, -0.2) is 12.6 Å². The summed E-state index contributed by atoms with van der Waals surface area (Å²) < 4.78 is 2.36. The number of nitrogens with zero attached hydrogens (tertiary/aromatic N) is 2. The lowest BCUT2D eigenvalue weighted by Gasteiger charge is -2.22. The molecule has 1 aliphatic heterocycles. The molecule has 1 aromatic heterocycles. The van der Waals surface area contributed by atoms with Crippen molar-refractivity contribution in [2.24, 2.45) is 0 Å². The fraction of sp³-hybridized carbons (Fsp3) is 0.0870. The van der Waals surface area contributed by atoms with Gasteiger partial charge >= 0.3 is 0 Å². The summed E-state index contributed by atoms with van der Waals surface area (Å²) in [6.07, 6.45) is 0. The maximum Gasteiger partial charge on any atom is 0.134 e. The molecule has 0 spiro atoms. The maximum atomic E-state index is 9.69. The number of hydrogen-bond acceptors (Lipinski definition) is 1. The molecule has 0 atom stereocenters. The molecule has 2 heterocycles. The van der Waals surface area contributed by atoms with E-state index in [2.05, 4.69) is 78.3 Å². The first kappa shape index (κ1) is 15.2. The third-order valence-electron chi connectivity index (χ3n) is 5.60. The lowest BCUT2D eigenvalue weighted by atomic mass is 10.1. The summed E-state index contributed by atoms with van der Waals surface area (Å²) >= 11 is 0. The number of rotatable bonds is 1. The molecule has 0 aliphatic carbocycles. The van der Waals surface area contributed by atoms with Crippen molar-refractivity contribution in [3.8, 4) is 22.9 Å². The van der Waals surface area contributed by atoms with Crippen molar-refractivity contribution in [1.82, 2.24) is 4.57 Å². The van der Waals surface area contributed by atoms with Crippen LogP contribution in [-0.2, 0) is 0 Å². The molecule has 26 heavy (non-hydrogen) atoms. The Morgan fingerprint density at radius 1 is 0.846 bits per heavy atom. The highest BCUT2D eigenvalue weighted by Crippen LogP contribution is 2.37. The molecule has 0 bridgehead atoms.